The SMILES string of the molecule is O=C1c2cccnc2C(Nc2ccc3c(c2)OCCO3)N1Cc1cccs1. The molecule has 1 unspecified atom stereocenters. The van der Waals surface area contributed by atoms with E-state index in [1.54, 1.807) is 23.6 Å². The number of hydrogen-bond donors (Lipinski definition) is 1. The molecule has 0 fully saturated rings. The van der Waals surface area contributed by atoms with Gasteiger partial charge in [-0.3, -0.25) is 9.78 Å². The maximum Gasteiger partial charge on any atom is 0.258 e. The van der Waals surface area contributed by atoms with Gasteiger partial charge in [-0.05, 0) is 35.7 Å². The van der Waals surface area contributed by atoms with Crippen LogP contribution >= 0.6 is 11.3 Å². The lowest BCUT2D eigenvalue weighted by atomic mass is 10.2. The summed E-state index contributed by atoms with van der Waals surface area (Å²) in [6.45, 7) is 1.63. The lowest BCUT2D eigenvalue weighted by Crippen LogP contribution is -2.31. The summed E-state index contributed by atoms with van der Waals surface area (Å²) in [6.07, 6.45) is 1.39. The monoisotopic (exact) mass is 379 g/mol. The molecule has 2 aliphatic rings. The van der Waals surface area contributed by atoms with Gasteiger partial charge in [0, 0.05) is 22.8 Å². The number of carbonyl (C=O) groups is 1. The van der Waals surface area contributed by atoms with Crippen LogP contribution in [0.15, 0.2) is 54.0 Å². The number of benzene rings is 1. The first kappa shape index (κ1) is 16.1. The quantitative estimate of drug-likeness (QED) is 0.749. The Hall–Kier alpha value is -3.06. The molecule has 6 nitrogen and oxygen atoms in total. The van der Waals surface area contributed by atoms with Gasteiger partial charge in [-0.25, -0.2) is 0 Å². The van der Waals surface area contributed by atoms with Crippen molar-refractivity contribution >= 4 is 22.9 Å². The number of nitrogens with one attached hydrogen (secondary N) is 1. The van der Waals surface area contributed by atoms with Crippen LogP contribution in [-0.4, -0.2) is 29.0 Å². The Morgan fingerprint density at radius 1 is 1.15 bits per heavy atom. The van der Waals surface area contributed by atoms with Crippen molar-refractivity contribution in [3.8, 4) is 11.5 Å². The number of hydrogen-bond acceptors (Lipinski definition) is 6. The normalized spacial score (nSPS) is 17.7. The molecule has 0 saturated carbocycles. The van der Waals surface area contributed by atoms with E-state index in [0.717, 1.165) is 22.0 Å². The number of anilines is 1. The predicted octanol–water partition coefficient (Wildman–Crippen LogP) is 3.68. The zero-order chi connectivity index (χ0) is 18.2. The summed E-state index contributed by atoms with van der Waals surface area (Å²) in [5.41, 5.74) is 2.24. The minimum absolute atomic E-state index is 0.0125. The highest BCUT2D eigenvalue weighted by molar-refractivity contribution is 7.09. The molecule has 1 N–H and O–H groups in total. The number of rotatable bonds is 4. The molecule has 0 spiro atoms. The van der Waals surface area contributed by atoms with Crippen LogP contribution in [0.4, 0.5) is 5.69 Å². The highest BCUT2D eigenvalue weighted by Gasteiger charge is 2.38. The number of nitrogens with zero attached hydrogens (tertiary/aromatic N) is 2. The number of amides is 1. The van der Waals surface area contributed by atoms with E-state index < -0.39 is 0 Å². The Labute approximate surface area is 160 Å². The summed E-state index contributed by atoms with van der Waals surface area (Å²) < 4.78 is 11.3. The van der Waals surface area contributed by atoms with Crippen molar-refractivity contribution < 1.29 is 14.3 Å². The van der Waals surface area contributed by atoms with Gasteiger partial charge in [0.25, 0.3) is 5.91 Å². The highest BCUT2D eigenvalue weighted by Crippen LogP contribution is 2.37. The molecule has 1 atom stereocenters. The van der Waals surface area contributed by atoms with Crippen molar-refractivity contribution in [3.63, 3.8) is 0 Å². The summed E-state index contributed by atoms with van der Waals surface area (Å²) in [7, 11) is 0. The second-order valence-electron chi connectivity index (χ2n) is 6.35. The fourth-order valence-electron chi connectivity index (χ4n) is 3.41. The molecule has 1 amide bonds. The van der Waals surface area contributed by atoms with Gasteiger partial charge in [0.15, 0.2) is 11.5 Å². The molecule has 2 aliphatic heterocycles. The van der Waals surface area contributed by atoms with Crippen LogP contribution in [0, 0.1) is 0 Å². The molecule has 0 saturated heterocycles. The minimum atomic E-state index is -0.335. The van der Waals surface area contributed by atoms with Gasteiger partial charge in [-0.2, -0.15) is 0 Å². The molecular weight excluding hydrogens is 362 g/mol. The molecule has 2 aromatic heterocycles. The molecule has 0 radical (unpaired) electrons. The third-order valence-electron chi connectivity index (χ3n) is 4.65. The molecule has 7 heteroatoms. The number of pyridine rings is 1. The van der Waals surface area contributed by atoms with Crippen molar-refractivity contribution in [1.29, 1.82) is 0 Å². The third-order valence-corrected chi connectivity index (χ3v) is 5.51. The van der Waals surface area contributed by atoms with Crippen LogP contribution in [0.2, 0.25) is 0 Å². The fourth-order valence-corrected chi connectivity index (χ4v) is 4.11. The molecule has 136 valence electrons. The molecule has 0 bridgehead atoms. The van der Waals surface area contributed by atoms with E-state index in [1.165, 1.54) is 0 Å². The van der Waals surface area contributed by atoms with Crippen molar-refractivity contribution in [2.75, 3.05) is 18.5 Å². The molecule has 4 heterocycles. The number of ether oxygens (including phenoxy) is 2. The summed E-state index contributed by atoms with van der Waals surface area (Å²) in [5, 5.41) is 5.47. The van der Waals surface area contributed by atoms with E-state index in [9.17, 15) is 4.79 Å². The van der Waals surface area contributed by atoms with Crippen LogP contribution in [-0.2, 0) is 6.54 Å². The molecule has 3 aromatic rings. The Morgan fingerprint density at radius 3 is 2.89 bits per heavy atom. The van der Waals surface area contributed by atoms with Crippen LogP contribution in [0.5, 0.6) is 11.5 Å². The van der Waals surface area contributed by atoms with E-state index >= 15 is 0 Å². The summed E-state index contributed by atoms with van der Waals surface area (Å²) in [5.74, 6) is 1.44. The zero-order valence-electron chi connectivity index (χ0n) is 14.4. The Morgan fingerprint density at radius 2 is 2.04 bits per heavy atom. The predicted molar refractivity (Wildman–Crippen MR) is 102 cm³/mol. The zero-order valence-corrected chi connectivity index (χ0v) is 15.2. The van der Waals surface area contributed by atoms with Gasteiger partial charge in [0.1, 0.15) is 19.4 Å². The Kier molecular flexibility index (Phi) is 3.94. The van der Waals surface area contributed by atoms with Crippen molar-refractivity contribution in [3.05, 3.63) is 70.2 Å². The average molecular weight is 379 g/mol. The van der Waals surface area contributed by atoms with E-state index in [0.29, 0.717) is 31.1 Å². The summed E-state index contributed by atoms with van der Waals surface area (Å²) >= 11 is 1.64. The Balaban J connectivity index is 1.48. The first-order valence-electron chi connectivity index (χ1n) is 8.74. The fraction of sp³-hybridized carbons (Fsp3) is 0.200. The van der Waals surface area contributed by atoms with Gasteiger partial charge >= 0.3 is 0 Å². The lowest BCUT2D eigenvalue weighted by Gasteiger charge is -2.27. The third kappa shape index (κ3) is 2.90. The maximum atomic E-state index is 13.0. The number of aromatic nitrogens is 1. The minimum Gasteiger partial charge on any atom is -0.486 e. The van der Waals surface area contributed by atoms with Crippen LogP contribution in [0.1, 0.15) is 27.1 Å². The van der Waals surface area contributed by atoms with Crippen LogP contribution < -0.4 is 14.8 Å². The maximum absolute atomic E-state index is 13.0. The average Bonchev–Trinajstić information content (AvgIpc) is 3.31. The molecule has 1 aromatic carbocycles. The number of thiophene rings is 1. The van der Waals surface area contributed by atoms with Gasteiger partial charge in [-0.1, -0.05) is 6.07 Å². The van der Waals surface area contributed by atoms with Gasteiger partial charge in [0.05, 0.1) is 17.8 Å². The second-order valence-corrected chi connectivity index (χ2v) is 7.39. The van der Waals surface area contributed by atoms with Crippen molar-refractivity contribution in [2.45, 2.75) is 12.7 Å². The standard InChI is InChI=1S/C20H17N3O3S/c24-20-15-4-1-7-21-18(15)19(23(20)12-14-3-2-10-27-14)22-13-5-6-16-17(11-13)26-9-8-25-16/h1-7,10-11,19,22H,8-9,12H2. The van der Waals surface area contributed by atoms with Crippen LogP contribution in [0.25, 0.3) is 0 Å². The van der Waals surface area contributed by atoms with Crippen molar-refractivity contribution in [2.24, 2.45) is 0 Å². The topological polar surface area (TPSA) is 63.7 Å². The van der Waals surface area contributed by atoms with E-state index in [2.05, 4.69) is 10.3 Å². The molecule has 27 heavy (non-hydrogen) atoms. The summed E-state index contributed by atoms with van der Waals surface area (Å²) in [4.78, 5) is 20.4. The van der Waals surface area contributed by atoms with E-state index in [-0.39, 0.29) is 12.1 Å². The van der Waals surface area contributed by atoms with Gasteiger partial charge < -0.3 is 19.7 Å². The lowest BCUT2D eigenvalue weighted by molar-refractivity contribution is 0.0729. The van der Waals surface area contributed by atoms with Crippen molar-refractivity contribution in [1.82, 2.24) is 9.88 Å². The highest BCUT2D eigenvalue weighted by atomic mass is 32.1. The number of carbonyl (C=O) groups excluding carboxylic acids is 1. The van der Waals surface area contributed by atoms with Gasteiger partial charge in [-0.15, -0.1) is 11.3 Å². The van der Waals surface area contributed by atoms with E-state index in [4.69, 9.17) is 9.47 Å². The molecule has 5 rings (SSSR count). The Bertz CT molecular complexity index is 990. The van der Waals surface area contributed by atoms with Gasteiger partial charge in [0.2, 0.25) is 0 Å². The molecule has 0 aliphatic carbocycles. The summed E-state index contributed by atoms with van der Waals surface area (Å²) in [6, 6.07) is 13.4. The van der Waals surface area contributed by atoms with E-state index in [1.807, 2.05) is 46.7 Å². The smallest absolute Gasteiger partial charge is 0.258 e. The number of fused-ring (bicyclic) bond motifs is 2. The molecular formula is C20H17N3O3S. The van der Waals surface area contributed by atoms with Crippen LogP contribution in [0.3, 0.4) is 0 Å². The largest absolute Gasteiger partial charge is 0.486 e. The first-order valence-corrected chi connectivity index (χ1v) is 9.62. The first-order chi connectivity index (χ1) is 13.3. The second kappa shape index (κ2) is 6.59.